The van der Waals surface area contributed by atoms with Gasteiger partial charge in [0.15, 0.2) is 0 Å². The molecule has 0 radical (unpaired) electrons. The summed E-state index contributed by atoms with van der Waals surface area (Å²) in [6, 6.07) is 2.00. The Hall–Kier alpha value is -1.20. The Balaban J connectivity index is 1.99. The highest BCUT2D eigenvalue weighted by Gasteiger charge is 2.12. The largest absolute Gasteiger partial charge is 0.380 e. The van der Waals surface area contributed by atoms with Crippen LogP contribution in [-0.4, -0.2) is 47.7 Å². The number of rotatable bonds is 5. The molecule has 2 heterocycles. The summed E-state index contributed by atoms with van der Waals surface area (Å²) in [5, 5.41) is 3.33. The molecule has 0 spiro atoms. The van der Waals surface area contributed by atoms with Crippen molar-refractivity contribution in [3.05, 3.63) is 17.6 Å². The zero-order valence-corrected chi connectivity index (χ0v) is 12.0. The number of hydrogen-bond donors (Lipinski definition) is 1. The van der Waals surface area contributed by atoms with Gasteiger partial charge in [-0.3, -0.25) is 4.90 Å². The van der Waals surface area contributed by atoms with E-state index in [4.69, 9.17) is 4.74 Å². The van der Waals surface area contributed by atoms with Gasteiger partial charge in [0.05, 0.1) is 13.2 Å². The molecule has 0 unspecified atom stereocenters. The lowest BCUT2D eigenvalue weighted by Crippen LogP contribution is -2.27. The molecular formula is C14H24N4O. The van der Waals surface area contributed by atoms with E-state index < -0.39 is 0 Å². The van der Waals surface area contributed by atoms with E-state index in [0.29, 0.717) is 0 Å². The number of anilines is 1. The Morgan fingerprint density at radius 3 is 3.05 bits per heavy atom. The van der Waals surface area contributed by atoms with Crippen molar-refractivity contribution in [3.63, 3.8) is 0 Å². The molecule has 0 amide bonds. The zero-order valence-electron chi connectivity index (χ0n) is 12.0. The fourth-order valence-electron chi connectivity index (χ4n) is 2.20. The molecule has 0 bridgehead atoms. The molecule has 1 aliphatic rings. The standard InChI is InChI=1S/C14H24N4O/c1-3-5-15-13-10-12(2)16-14(17-13)11-18-6-4-8-19-9-7-18/h10H,3-9,11H2,1-2H3,(H,15,16,17). The lowest BCUT2D eigenvalue weighted by molar-refractivity contribution is 0.140. The number of ether oxygens (including phenoxy) is 1. The molecule has 0 atom stereocenters. The van der Waals surface area contributed by atoms with Crippen LogP contribution in [0.25, 0.3) is 0 Å². The molecule has 1 fully saturated rings. The smallest absolute Gasteiger partial charge is 0.144 e. The summed E-state index contributed by atoms with van der Waals surface area (Å²) in [6.45, 7) is 9.65. The minimum absolute atomic E-state index is 0.811. The van der Waals surface area contributed by atoms with Crippen molar-refractivity contribution in [2.24, 2.45) is 0 Å². The fraction of sp³-hybridized carbons (Fsp3) is 0.714. The second-order valence-electron chi connectivity index (χ2n) is 4.98. The van der Waals surface area contributed by atoms with Gasteiger partial charge in [0.25, 0.3) is 0 Å². The van der Waals surface area contributed by atoms with Gasteiger partial charge in [-0.25, -0.2) is 9.97 Å². The number of aryl methyl sites for hydroxylation is 1. The number of aromatic nitrogens is 2. The van der Waals surface area contributed by atoms with Gasteiger partial charge >= 0.3 is 0 Å². The first kappa shape index (κ1) is 14.2. The quantitative estimate of drug-likeness (QED) is 0.879. The molecule has 0 aromatic carbocycles. The summed E-state index contributed by atoms with van der Waals surface area (Å²) in [7, 11) is 0. The molecule has 1 aromatic rings. The first-order valence-electron chi connectivity index (χ1n) is 7.16. The second kappa shape index (κ2) is 7.40. The third-order valence-corrected chi connectivity index (χ3v) is 3.14. The van der Waals surface area contributed by atoms with Gasteiger partial charge < -0.3 is 10.1 Å². The average molecular weight is 264 g/mol. The van der Waals surface area contributed by atoms with Crippen molar-refractivity contribution in [2.45, 2.75) is 33.2 Å². The Kier molecular flexibility index (Phi) is 5.54. The second-order valence-corrected chi connectivity index (χ2v) is 4.98. The van der Waals surface area contributed by atoms with Gasteiger partial charge in [0.2, 0.25) is 0 Å². The lowest BCUT2D eigenvalue weighted by Gasteiger charge is -2.18. The van der Waals surface area contributed by atoms with E-state index >= 15 is 0 Å². The maximum atomic E-state index is 5.47. The molecule has 5 heteroatoms. The highest BCUT2D eigenvalue weighted by atomic mass is 16.5. The van der Waals surface area contributed by atoms with Crippen LogP contribution < -0.4 is 5.32 Å². The SMILES string of the molecule is CCCNc1cc(C)nc(CN2CCCOCC2)n1. The molecule has 19 heavy (non-hydrogen) atoms. The Bertz CT molecular complexity index is 389. The molecule has 0 saturated carbocycles. The van der Waals surface area contributed by atoms with Crippen LogP contribution in [0.1, 0.15) is 31.3 Å². The van der Waals surface area contributed by atoms with Crippen LogP contribution in [0.2, 0.25) is 0 Å². The Morgan fingerprint density at radius 2 is 2.21 bits per heavy atom. The Morgan fingerprint density at radius 1 is 1.32 bits per heavy atom. The summed E-state index contributed by atoms with van der Waals surface area (Å²) in [5.41, 5.74) is 1.02. The molecule has 2 rings (SSSR count). The molecule has 1 N–H and O–H groups in total. The van der Waals surface area contributed by atoms with Crippen molar-refractivity contribution >= 4 is 5.82 Å². The fourth-order valence-corrected chi connectivity index (χ4v) is 2.20. The van der Waals surface area contributed by atoms with Gasteiger partial charge in [-0.05, 0) is 19.8 Å². The topological polar surface area (TPSA) is 50.3 Å². The van der Waals surface area contributed by atoms with E-state index in [-0.39, 0.29) is 0 Å². The zero-order chi connectivity index (χ0) is 13.5. The molecular weight excluding hydrogens is 240 g/mol. The third-order valence-electron chi connectivity index (χ3n) is 3.14. The van der Waals surface area contributed by atoms with E-state index in [9.17, 15) is 0 Å². The van der Waals surface area contributed by atoms with Gasteiger partial charge in [-0.2, -0.15) is 0 Å². The summed E-state index contributed by atoms with van der Waals surface area (Å²) in [5.74, 6) is 1.84. The number of nitrogens with zero attached hydrogens (tertiary/aromatic N) is 3. The van der Waals surface area contributed by atoms with Crippen LogP contribution in [0.5, 0.6) is 0 Å². The number of hydrogen-bond acceptors (Lipinski definition) is 5. The monoisotopic (exact) mass is 264 g/mol. The van der Waals surface area contributed by atoms with E-state index in [2.05, 4.69) is 27.1 Å². The van der Waals surface area contributed by atoms with Crippen molar-refractivity contribution in [3.8, 4) is 0 Å². The van der Waals surface area contributed by atoms with Crippen molar-refractivity contribution < 1.29 is 4.74 Å². The molecule has 106 valence electrons. The first-order chi connectivity index (χ1) is 9.28. The van der Waals surface area contributed by atoms with Gasteiger partial charge in [0.1, 0.15) is 11.6 Å². The van der Waals surface area contributed by atoms with Crippen LogP contribution in [0.3, 0.4) is 0 Å². The van der Waals surface area contributed by atoms with Crippen LogP contribution in [0.15, 0.2) is 6.07 Å². The van der Waals surface area contributed by atoms with Gasteiger partial charge in [-0.1, -0.05) is 6.92 Å². The maximum Gasteiger partial charge on any atom is 0.144 e. The average Bonchev–Trinajstić information content (AvgIpc) is 2.64. The summed E-state index contributed by atoms with van der Waals surface area (Å²) in [6.07, 6.45) is 2.19. The highest BCUT2D eigenvalue weighted by Crippen LogP contribution is 2.09. The molecule has 5 nitrogen and oxygen atoms in total. The molecule has 1 saturated heterocycles. The molecule has 0 aliphatic carbocycles. The van der Waals surface area contributed by atoms with Crippen LogP contribution in [-0.2, 0) is 11.3 Å². The third kappa shape index (κ3) is 4.76. The van der Waals surface area contributed by atoms with E-state index in [1.54, 1.807) is 0 Å². The van der Waals surface area contributed by atoms with E-state index in [1.807, 2.05) is 13.0 Å². The highest BCUT2D eigenvalue weighted by molar-refractivity contribution is 5.35. The summed E-state index contributed by atoms with van der Waals surface area (Å²) in [4.78, 5) is 11.5. The summed E-state index contributed by atoms with van der Waals surface area (Å²) >= 11 is 0. The van der Waals surface area contributed by atoms with Gasteiger partial charge in [-0.15, -0.1) is 0 Å². The minimum Gasteiger partial charge on any atom is -0.380 e. The maximum absolute atomic E-state index is 5.47. The van der Waals surface area contributed by atoms with Crippen LogP contribution >= 0.6 is 0 Å². The first-order valence-corrected chi connectivity index (χ1v) is 7.16. The Labute approximate surface area is 115 Å². The predicted molar refractivity (Wildman–Crippen MR) is 76.3 cm³/mol. The van der Waals surface area contributed by atoms with E-state index in [0.717, 1.165) is 69.6 Å². The van der Waals surface area contributed by atoms with Crippen molar-refractivity contribution in [1.29, 1.82) is 0 Å². The minimum atomic E-state index is 0.811. The van der Waals surface area contributed by atoms with Gasteiger partial charge in [0, 0.05) is 38.0 Å². The molecule has 1 aromatic heterocycles. The summed E-state index contributed by atoms with van der Waals surface area (Å²) < 4.78 is 5.47. The van der Waals surface area contributed by atoms with Crippen molar-refractivity contribution in [1.82, 2.24) is 14.9 Å². The molecule has 1 aliphatic heterocycles. The van der Waals surface area contributed by atoms with Crippen molar-refractivity contribution in [2.75, 3.05) is 38.2 Å². The van der Waals surface area contributed by atoms with E-state index in [1.165, 1.54) is 0 Å². The number of nitrogens with one attached hydrogen (secondary N) is 1. The van der Waals surface area contributed by atoms with Crippen LogP contribution in [0.4, 0.5) is 5.82 Å². The van der Waals surface area contributed by atoms with Crippen LogP contribution in [0, 0.1) is 6.92 Å². The lowest BCUT2D eigenvalue weighted by atomic mass is 10.3. The predicted octanol–water partition coefficient (Wildman–Crippen LogP) is 1.83. The normalized spacial score (nSPS) is 17.2.